The van der Waals surface area contributed by atoms with Crippen LogP contribution in [0, 0.1) is 6.92 Å². The number of nitrogens with one attached hydrogen (secondary N) is 3. The van der Waals surface area contributed by atoms with E-state index < -0.39 is 18.1 Å². The van der Waals surface area contributed by atoms with E-state index in [1.165, 1.54) is 27.0 Å². The Morgan fingerprint density at radius 2 is 1.52 bits per heavy atom. The van der Waals surface area contributed by atoms with Crippen molar-refractivity contribution in [2.75, 3.05) is 6.54 Å². The van der Waals surface area contributed by atoms with Crippen LogP contribution in [0.1, 0.15) is 68.9 Å². The van der Waals surface area contributed by atoms with Crippen LogP contribution >= 0.6 is 0 Å². The molecule has 1 aromatic rings. The largest absolute Gasteiger partial charge is 0.352 e. The summed E-state index contributed by atoms with van der Waals surface area (Å²) in [5.74, 6) is -0.738. The molecule has 0 saturated heterocycles. The fraction of sp³-hybridized carbons (Fsp3) is 0.545. The quantitative estimate of drug-likeness (QED) is 0.407. The molecule has 0 aromatic carbocycles. The number of aromatic nitrogens is 1. The minimum atomic E-state index is -0.775. The van der Waals surface area contributed by atoms with E-state index in [1.807, 2.05) is 6.92 Å². The highest BCUT2D eigenvalue weighted by Gasteiger charge is 2.21. The van der Waals surface area contributed by atoms with Crippen LogP contribution in [0.2, 0.25) is 0 Å². The lowest BCUT2D eigenvalue weighted by atomic mass is 10.1. The molecule has 0 aliphatic rings. The van der Waals surface area contributed by atoms with E-state index in [0.29, 0.717) is 31.4 Å². The molecular formula is C22H32N4O5. The number of hydrogen-bond donors (Lipinski definition) is 3. The second-order valence-electron chi connectivity index (χ2n) is 7.62. The molecule has 1 heterocycles. The standard InChI is InChI=1S/C22H32N4O5/c1-14-8-10-18(13-24-14)21(30)23-12-6-5-7-19(16(3)28)25-22(31)26-20(17(4)29)11-9-15(2)27/h8,10,13,19-20H,5-7,9,11-12H2,1-4H3,(H,23,30)(H2,25,26,31)/t19-,20-/m0/s1. The van der Waals surface area contributed by atoms with E-state index in [0.717, 1.165) is 5.69 Å². The average molecular weight is 433 g/mol. The molecular weight excluding hydrogens is 400 g/mol. The van der Waals surface area contributed by atoms with Crippen LogP contribution in [-0.2, 0) is 14.4 Å². The third-order valence-corrected chi connectivity index (χ3v) is 4.76. The third kappa shape index (κ3) is 10.5. The summed E-state index contributed by atoms with van der Waals surface area (Å²) in [6.07, 6.45) is 3.57. The Balaban J connectivity index is 2.41. The lowest BCUT2D eigenvalue weighted by Gasteiger charge is -2.20. The number of carbonyl (C=O) groups excluding carboxylic acids is 5. The number of urea groups is 1. The van der Waals surface area contributed by atoms with Crippen LogP contribution < -0.4 is 16.0 Å². The molecule has 0 saturated carbocycles. The highest BCUT2D eigenvalue weighted by molar-refractivity contribution is 5.93. The van der Waals surface area contributed by atoms with E-state index in [4.69, 9.17) is 0 Å². The van der Waals surface area contributed by atoms with E-state index in [1.54, 1.807) is 12.1 Å². The molecule has 1 rings (SSSR count). The Bertz CT molecular complexity index is 792. The Morgan fingerprint density at radius 1 is 0.903 bits per heavy atom. The monoisotopic (exact) mass is 432 g/mol. The van der Waals surface area contributed by atoms with Gasteiger partial charge in [0.05, 0.1) is 17.6 Å². The minimum Gasteiger partial charge on any atom is -0.352 e. The number of unbranched alkanes of at least 4 members (excludes halogenated alkanes) is 1. The third-order valence-electron chi connectivity index (χ3n) is 4.76. The van der Waals surface area contributed by atoms with Crippen LogP contribution in [0.5, 0.6) is 0 Å². The predicted octanol–water partition coefficient (Wildman–Crippen LogP) is 1.87. The molecule has 0 unspecified atom stereocenters. The molecule has 0 aliphatic heterocycles. The molecule has 3 amide bonds. The minimum absolute atomic E-state index is 0.0687. The van der Waals surface area contributed by atoms with Gasteiger partial charge in [0, 0.05) is 24.9 Å². The Labute approximate surface area is 182 Å². The Hall–Kier alpha value is -3.10. The number of carbonyl (C=O) groups is 5. The zero-order chi connectivity index (χ0) is 23.4. The number of nitrogens with zero attached hydrogens (tertiary/aromatic N) is 1. The van der Waals surface area contributed by atoms with E-state index in [2.05, 4.69) is 20.9 Å². The predicted molar refractivity (Wildman–Crippen MR) is 116 cm³/mol. The summed E-state index contributed by atoms with van der Waals surface area (Å²) in [5.41, 5.74) is 1.31. The van der Waals surface area contributed by atoms with Crippen molar-refractivity contribution in [2.24, 2.45) is 0 Å². The molecule has 2 atom stereocenters. The van der Waals surface area contributed by atoms with E-state index in [9.17, 15) is 24.0 Å². The van der Waals surface area contributed by atoms with E-state index >= 15 is 0 Å². The van der Waals surface area contributed by atoms with Crippen molar-refractivity contribution < 1.29 is 24.0 Å². The van der Waals surface area contributed by atoms with Gasteiger partial charge in [0.2, 0.25) is 0 Å². The van der Waals surface area contributed by atoms with Crippen LogP contribution in [0.25, 0.3) is 0 Å². The molecule has 9 nitrogen and oxygen atoms in total. The van der Waals surface area contributed by atoms with Gasteiger partial charge in [0.1, 0.15) is 5.78 Å². The van der Waals surface area contributed by atoms with E-state index in [-0.39, 0.29) is 36.1 Å². The second-order valence-corrected chi connectivity index (χ2v) is 7.62. The van der Waals surface area contributed by atoms with Crippen molar-refractivity contribution in [2.45, 2.75) is 71.9 Å². The van der Waals surface area contributed by atoms with Gasteiger partial charge in [0.15, 0.2) is 11.6 Å². The van der Waals surface area contributed by atoms with Gasteiger partial charge in [-0.05, 0) is 65.5 Å². The first-order valence-corrected chi connectivity index (χ1v) is 10.4. The molecule has 0 spiro atoms. The first kappa shape index (κ1) is 25.9. The van der Waals surface area contributed by atoms with Gasteiger partial charge in [-0.25, -0.2) is 4.79 Å². The smallest absolute Gasteiger partial charge is 0.315 e. The number of hydrogen-bond acceptors (Lipinski definition) is 6. The maximum atomic E-state index is 12.2. The maximum absolute atomic E-state index is 12.2. The van der Waals surface area contributed by atoms with Crippen molar-refractivity contribution >= 4 is 29.3 Å². The number of pyridine rings is 1. The van der Waals surface area contributed by atoms with Gasteiger partial charge in [0.25, 0.3) is 5.91 Å². The van der Waals surface area contributed by atoms with Crippen molar-refractivity contribution in [3.63, 3.8) is 0 Å². The second kappa shape index (κ2) is 13.3. The summed E-state index contributed by atoms with van der Waals surface area (Å²) in [6, 6.07) is 1.38. The van der Waals surface area contributed by atoms with Gasteiger partial charge in [-0.3, -0.25) is 19.4 Å². The average Bonchev–Trinajstić information content (AvgIpc) is 2.69. The molecule has 0 fully saturated rings. The number of amides is 3. The van der Waals surface area contributed by atoms with Gasteiger partial charge < -0.3 is 20.7 Å². The number of aryl methyl sites for hydroxylation is 1. The zero-order valence-electron chi connectivity index (χ0n) is 18.6. The van der Waals surface area contributed by atoms with Crippen molar-refractivity contribution in [1.29, 1.82) is 0 Å². The zero-order valence-corrected chi connectivity index (χ0v) is 18.6. The SMILES string of the molecule is CC(=O)CC[C@H](NC(=O)N[C@@H](CCCCNC(=O)c1ccc(C)nc1)C(C)=O)C(C)=O. The summed E-state index contributed by atoms with van der Waals surface area (Å²) in [5, 5.41) is 7.91. The summed E-state index contributed by atoms with van der Waals surface area (Å²) in [6.45, 7) is 6.42. The lowest BCUT2D eigenvalue weighted by Crippen LogP contribution is -2.50. The molecule has 9 heteroatoms. The van der Waals surface area contributed by atoms with Gasteiger partial charge >= 0.3 is 6.03 Å². The molecule has 0 bridgehead atoms. The topological polar surface area (TPSA) is 134 Å². The first-order chi connectivity index (χ1) is 14.6. The van der Waals surface area contributed by atoms with Crippen molar-refractivity contribution in [3.8, 4) is 0 Å². The summed E-state index contributed by atoms with van der Waals surface area (Å²) in [7, 11) is 0. The maximum Gasteiger partial charge on any atom is 0.315 e. The van der Waals surface area contributed by atoms with Crippen LogP contribution in [0.4, 0.5) is 4.79 Å². The molecule has 0 radical (unpaired) electrons. The normalized spacial score (nSPS) is 12.4. The molecule has 170 valence electrons. The molecule has 0 aliphatic carbocycles. The van der Waals surface area contributed by atoms with Crippen molar-refractivity contribution in [1.82, 2.24) is 20.9 Å². The fourth-order valence-electron chi connectivity index (χ4n) is 2.84. The molecule has 3 N–H and O–H groups in total. The van der Waals surface area contributed by atoms with Gasteiger partial charge in [-0.15, -0.1) is 0 Å². The molecule has 1 aromatic heterocycles. The van der Waals surface area contributed by atoms with Crippen LogP contribution in [0.15, 0.2) is 18.3 Å². The summed E-state index contributed by atoms with van der Waals surface area (Å²) in [4.78, 5) is 63.0. The highest BCUT2D eigenvalue weighted by Crippen LogP contribution is 2.05. The Morgan fingerprint density at radius 3 is 2.03 bits per heavy atom. The number of Topliss-reactive ketones (excluding diaryl/α,β-unsaturated/α-hetero) is 3. The molecule has 31 heavy (non-hydrogen) atoms. The number of ketones is 3. The summed E-state index contributed by atoms with van der Waals surface area (Å²) < 4.78 is 0. The number of rotatable bonds is 13. The van der Waals surface area contributed by atoms with Gasteiger partial charge in [-0.2, -0.15) is 0 Å². The fourth-order valence-corrected chi connectivity index (χ4v) is 2.84. The van der Waals surface area contributed by atoms with Crippen LogP contribution in [-0.4, -0.2) is 52.9 Å². The lowest BCUT2D eigenvalue weighted by molar-refractivity contribution is -0.120. The first-order valence-electron chi connectivity index (χ1n) is 10.4. The summed E-state index contributed by atoms with van der Waals surface area (Å²) >= 11 is 0. The Kier molecular flexibility index (Phi) is 11.1. The highest BCUT2D eigenvalue weighted by atomic mass is 16.2. The van der Waals surface area contributed by atoms with Gasteiger partial charge in [-0.1, -0.05) is 0 Å². The van der Waals surface area contributed by atoms with Crippen molar-refractivity contribution in [3.05, 3.63) is 29.6 Å². The van der Waals surface area contributed by atoms with Crippen LogP contribution in [0.3, 0.4) is 0 Å².